The van der Waals surface area contributed by atoms with Crippen LogP contribution in [0.15, 0.2) is 12.1 Å². The van der Waals surface area contributed by atoms with Crippen molar-refractivity contribution in [1.82, 2.24) is 9.97 Å². The minimum absolute atomic E-state index is 0.359. The van der Waals surface area contributed by atoms with Gasteiger partial charge < -0.3 is 0 Å². The Morgan fingerprint density at radius 1 is 1.27 bits per heavy atom. The highest BCUT2D eigenvalue weighted by molar-refractivity contribution is 6.33. The van der Waals surface area contributed by atoms with Crippen molar-refractivity contribution in [3.8, 4) is 0 Å². The van der Waals surface area contributed by atoms with Crippen LogP contribution in [-0.4, -0.2) is 9.97 Å². The van der Waals surface area contributed by atoms with Crippen molar-refractivity contribution < 1.29 is 0 Å². The predicted octanol–water partition coefficient (Wildman–Crippen LogP) is 2.82. The van der Waals surface area contributed by atoms with Gasteiger partial charge in [0.1, 0.15) is 10.3 Å². The Bertz CT molecular complexity index is 264. The van der Waals surface area contributed by atoms with E-state index in [0.717, 1.165) is 0 Å². The van der Waals surface area contributed by atoms with Crippen molar-refractivity contribution in [2.24, 2.45) is 0 Å². The summed E-state index contributed by atoms with van der Waals surface area (Å²) in [4.78, 5) is 7.81. The summed E-state index contributed by atoms with van der Waals surface area (Å²) in [7, 11) is 0. The second kappa shape index (κ2) is 3.69. The van der Waals surface area contributed by atoms with Gasteiger partial charge in [0.25, 0.3) is 0 Å². The maximum atomic E-state index is 5.62. The van der Waals surface area contributed by atoms with Crippen molar-refractivity contribution in [1.29, 1.82) is 0 Å². The molecule has 0 radical (unpaired) electrons. The Labute approximate surface area is 74.9 Å². The molecular weight excluding hydrogens is 183 g/mol. The monoisotopic (exact) mass is 188 g/mol. The molecule has 4 heteroatoms. The number of rotatable bonds is 1. The Morgan fingerprint density at radius 2 is 1.82 bits per heavy atom. The van der Waals surface area contributed by atoms with Gasteiger partial charge in [0.2, 0.25) is 0 Å². The quantitative estimate of drug-likeness (QED) is 0.634. The number of aromatic nitrogens is 2. The van der Waals surface area contributed by atoms with Gasteiger partial charge in [0.15, 0.2) is 5.82 Å². The Hall–Kier alpha value is -0.600. The molecule has 1 aromatic heterocycles. The predicted molar refractivity (Wildman–Crippen MR) is 46.8 cm³/mol. The molecule has 11 heavy (non-hydrogen) atoms. The van der Waals surface area contributed by atoms with Crippen LogP contribution in [0.25, 0.3) is 6.08 Å². The van der Waals surface area contributed by atoms with Gasteiger partial charge in [-0.05, 0) is 13.0 Å². The normalized spacial score (nSPS) is 10.8. The summed E-state index contributed by atoms with van der Waals surface area (Å²) in [5, 5.41) is 0.719. The highest BCUT2D eigenvalue weighted by Gasteiger charge is 1.96. The molecule has 0 atom stereocenters. The minimum atomic E-state index is 0.359. The SMILES string of the molecule is C/C=C/c1nc(Cl)cc(Cl)n1. The van der Waals surface area contributed by atoms with E-state index in [1.165, 1.54) is 6.07 Å². The van der Waals surface area contributed by atoms with Crippen LogP contribution >= 0.6 is 23.2 Å². The lowest BCUT2D eigenvalue weighted by Gasteiger charge is -1.93. The van der Waals surface area contributed by atoms with Gasteiger partial charge >= 0.3 is 0 Å². The summed E-state index contributed by atoms with van der Waals surface area (Å²) in [6.07, 6.45) is 3.56. The third-order valence-corrected chi connectivity index (χ3v) is 1.38. The average molecular weight is 189 g/mol. The zero-order valence-corrected chi connectivity index (χ0v) is 7.39. The second-order valence-corrected chi connectivity index (χ2v) is 2.65. The molecular formula is C7H6Cl2N2. The van der Waals surface area contributed by atoms with E-state index in [-0.39, 0.29) is 0 Å². The highest BCUT2D eigenvalue weighted by Crippen LogP contribution is 2.11. The van der Waals surface area contributed by atoms with Crippen molar-refractivity contribution in [3.63, 3.8) is 0 Å². The van der Waals surface area contributed by atoms with Gasteiger partial charge in [-0.15, -0.1) is 0 Å². The van der Waals surface area contributed by atoms with Crippen LogP contribution in [0.3, 0.4) is 0 Å². The van der Waals surface area contributed by atoms with E-state index in [1.807, 2.05) is 13.0 Å². The van der Waals surface area contributed by atoms with Gasteiger partial charge in [-0.2, -0.15) is 0 Å². The molecule has 0 spiro atoms. The van der Waals surface area contributed by atoms with Crippen LogP contribution in [-0.2, 0) is 0 Å². The van der Waals surface area contributed by atoms with Crippen LogP contribution in [0.1, 0.15) is 12.7 Å². The van der Waals surface area contributed by atoms with Crippen LogP contribution in [0.5, 0.6) is 0 Å². The van der Waals surface area contributed by atoms with Crippen LogP contribution < -0.4 is 0 Å². The third-order valence-electron chi connectivity index (χ3n) is 0.997. The number of nitrogens with zero attached hydrogens (tertiary/aromatic N) is 2. The zero-order valence-electron chi connectivity index (χ0n) is 5.88. The number of hydrogen-bond acceptors (Lipinski definition) is 2. The van der Waals surface area contributed by atoms with E-state index in [2.05, 4.69) is 9.97 Å². The van der Waals surface area contributed by atoms with Gasteiger partial charge in [0, 0.05) is 6.07 Å². The largest absolute Gasteiger partial charge is 0.217 e. The van der Waals surface area contributed by atoms with E-state index >= 15 is 0 Å². The number of halogens is 2. The van der Waals surface area contributed by atoms with E-state index < -0.39 is 0 Å². The van der Waals surface area contributed by atoms with Crippen molar-refractivity contribution in [2.45, 2.75) is 6.92 Å². The van der Waals surface area contributed by atoms with E-state index in [4.69, 9.17) is 23.2 Å². The van der Waals surface area contributed by atoms with E-state index in [1.54, 1.807) is 6.08 Å². The topological polar surface area (TPSA) is 25.8 Å². The average Bonchev–Trinajstić information content (AvgIpc) is 1.85. The molecule has 0 aliphatic heterocycles. The summed E-state index contributed by atoms with van der Waals surface area (Å²) in [5.41, 5.74) is 0. The fourth-order valence-corrected chi connectivity index (χ4v) is 1.07. The maximum Gasteiger partial charge on any atom is 0.154 e. The van der Waals surface area contributed by atoms with Gasteiger partial charge in [0.05, 0.1) is 0 Å². The summed E-state index contributed by atoms with van der Waals surface area (Å²) in [6.45, 7) is 1.87. The molecule has 1 rings (SSSR count). The molecule has 58 valence electrons. The molecule has 0 N–H and O–H groups in total. The number of hydrogen-bond donors (Lipinski definition) is 0. The molecule has 0 bridgehead atoms. The first-order valence-electron chi connectivity index (χ1n) is 3.05. The second-order valence-electron chi connectivity index (χ2n) is 1.87. The van der Waals surface area contributed by atoms with Crippen LogP contribution in [0, 0.1) is 0 Å². The molecule has 1 heterocycles. The van der Waals surface area contributed by atoms with Crippen molar-refractivity contribution >= 4 is 29.3 Å². The first kappa shape index (κ1) is 8.50. The Kier molecular flexibility index (Phi) is 2.85. The summed E-state index contributed by atoms with van der Waals surface area (Å²) in [5.74, 6) is 0.532. The molecule has 0 fully saturated rings. The standard InChI is InChI=1S/C7H6Cl2N2/c1-2-3-7-10-5(8)4-6(9)11-7/h2-4H,1H3/b3-2+. The van der Waals surface area contributed by atoms with Gasteiger partial charge in [-0.3, -0.25) is 0 Å². The maximum absolute atomic E-state index is 5.62. The molecule has 0 aliphatic carbocycles. The van der Waals surface area contributed by atoms with Crippen molar-refractivity contribution in [3.05, 3.63) is 28.3 Å². The minimum Gasteiger partial charge on any atom is -0.217 e. The van der Waals surface area contributed by atoms with Gasteiger partial charge in [-0.25, -0.2) is 9.97 Å². The lowest BCUT2D eigenvalue weighted by Crippen LogP contribution is -1.87. The highest BCUT2D eigenvalue weighted by atomic mass is 35.5. The molecule has 0 amide bonds. The zero-order chi connectivity index (χ0) is 8.27. The Morgan fingerprint density at radius 3 is 2.27 bits per heavy atom. The molecule has 0 saturated carbocycles. The fourth-order valence-electron chi connectivity index (χ4n) is 0.630. The fraction of sp³-hybridized carbons (Fsp3) is 0.143. The lowest BCUT2D eigenvalue weighted by molar-refractivity contribution is 1.13. The summed E-state index contributed by atoms with van der Waals surface area (Å²) >= 11 is 11.2. The lowest BCUT2D eigenvalue weighted by atomic mass is 10.5. The van der Waals surface area contributed by atoms with Crippen LogP contribution in [0.4, 0.5) is 0 Å². The molecule has 0 aromatic carbocycles. The van der Waals surface area contributed by atoms with E-state index in [9.17, 15) is 0 Å². The number of allylic oxidation sites excluding steroid dienone is 1. The Balaban J connectivity index is 3.08. The molecule has 0 aliphatic rings. The molecule has 0 unspecified atom stereocenters. The summed E-state index contributed by atoms with van der Waals surface area (Å²) in [6, 6.07) is 1.50. The molecule has 0 saturated heterocycles. The summed E-state index contributed by atoms with van der Waals surface area (Å²) < 4.78 is 0. The van der Waals surface area contributed by atoms with E-state index in [0.29, 0.717) is 16.1 Å². The first-order valence-corrected chi connectivity index (χ1v) is 3.81. The van der Waals surface area contributed by atoms with Gasteiger partial charge in [-0.1, -0.05) is 29.3 Å². The first-order chi connectivity index (χ1) is 5.22. The van der Waals surface area contributed by atoms with Crippen LogP contribution in [0.2, 0.25) is 10.3 Å². The smallest absolute Gasteiger partial charge is 0.154 e. The molecule has 1 aromatic rings. The van der Waals surface area contributed by atoms with Crippen molar-refractivity contribution in [2.75, 3.05) is 0 Å². The third kappa shape index (κ3) is 2.48. The molecule has 2 nitrogen and oxygen atoms in total.